The predicted molar refractivity (Wildman–Crippen MR) is 97.4 cm³/mol. The molecule has 0 bridgehead atoms. The van der Waals surface area contributed by atoms with Crippen molar-refractivity contribution in [2.45, 2.75) is 19.3 Å². The van der Waals surface area contributed by atoms with Crippen LogP contribution in [-0.4, -0.2) is 29.8 Å². The molecule has 0 unspecified atom stereocenters. The van der Waals surface area contributed by atoms with Gasteiger partial charge in [-0.2, -0.15) is 0 Å². The van der Waals surface area contributed by atoms with Crippen molar-refractivity contribution in [3.8, 4) is 0 Å². The molecule has 1 aliphatic rings. The zero-order chi connectivity index (χ0) is 17.8. The number of likely N-dealkylation sites (tertiary alicyclic amines) is 1. The summed E-state index contributed by atoms with van der Waals surface area (Å²) in [5, 5.41) is 4.71. The summed E-state index contributed by atoms with van der Waals surface area (Å²) in [5.74, 6) is -0.688. The lowest BCUT2D eigenvalue weighted by molar-refractivity contribution is -0.133. The van der Waals surface area contributed by atoms with Gasteiger partial charge >= 0.3 is 0 Å². The molecule has 1 aromatic heterocycles. The third-order valence-corrected chi connectivity index (χ3v) is 5.48. The summed E-state index contributed by atoms with van der Waals surface area (Å²) >= 11 is 7.30. The Morgan fingerprint density at radius 3 is 2.68 bits per heavy atom. The normalized spacial score (nSPS) is 15.2. The highest BCUT2D eigenvalue weighted by Crippen LogP contribution is 2.23. The SMILES string of the molecule is O=C(Nc1ccc(F)c(Cl)c1)C1CCN(C(=O)Cc2cccs2)CC1. The molecule has 4 nitrogen and oxygen atoms in total. The van der Waals surface area contributed by atoms with Gasteiger partial charge in [-0.05, 0) is 42.5 Å². The van der Waals surface area contributed by atoms with Crippen molar-refractivity contribution in [1.29, 1.82) is 0 Å². The molecule has 0 spiro atoms. The summed E-state index contributed by atoms with van der Waals surface area (Å²) in [5.41, 5.74) is 0.479. The molecule has 0 radical (unpaired) electrons. The second kappa shape index (κ2) is 7.97. The number of hydrogen-bond donors (Lipinski definition) is 1. The van der Waals surface area contributed by atoms with Crippen molar-refractivity contribution in [3.63, 3.8) is 0 Å². The lowest BCUT2D eigenvalue weighted by atomic mass is 9.95. The molecule has 1 saturated heterocycles. The van der Waals surface area contributed by atoms with Gasteiger partial charge in [0.2, 0.25) is 11.8 Å². The summed E-state index contributed by atoms with van der Waals surface area (Å²) in [7, 11) is 0. The Morgan fingerprint density at radius 1 is 1.28 bits per heavy atom. The van der Waals surface area contributed by atoms with Crippen LogP contribution in [0.2, 0.25) is 5.02 Å². The minimum atomic E-state index is -0.516. The van der Waals surface area contributed by atoms with Gasteiger partial charge in [0, 0.05) is 29.6 Å². The number of piperidine rings is 1. The fraction of sp³-hybridized carbons (Fsp3) is 0.333. The maximum absolute atomic E-state index is 13.2. The van der Waals surface area contributed by atoms with Gasteiger partial charge in [-0.1, -0.05) is 17.7 Å². The van der Waals surface area contributed by atoms with Crippen LogP contribution in [0.25, 0.3) is 0 Å². The second-order valence-electron chi connectivity index (χ2n) is 6.03. The van der Waals surface area contributed by atoms with Crippen molar-refractivity contribution in [2.24, 2.45) is 5.92 Å². The van der Waals surface area contributed by atoms with Crippen LogP contribution >= 0.6 is 22.9 Å². The minimum Gasteiger partial charge on any atom is -0.342 e. The molecule has 2 amide bonds. The number of halogens is 2. The number of thiophene rings is 1. The molecule has 2 heterocycles. The first-order valence-corrected chi connectivity index (χ1v) is 9.35. The van der Waals surface area contributed by atoms with Gasteiger partial charge in [0.05, 0.1) is 11.4 Å². The molecule has 3 rings (SSSR count). The summed E-state index contributed by atoms with van der Waals surface area (Å²) in [6.07, 6.45) is 1.66. The highest BCUT2D eigenvalue weighted by atomic mass is 35.5. The standard InChI is InChI=1S/C18H18ClFN2O2S/c19-15-10-13(3-4-16(15)20)21-18(24)12-5-7-22(8-6-12)17(23)11-14-2-1-9-25-14/h1-4,9-10,12H,5-8,11H2,(H,21,24). The number of hydrogen-bond acceptors (Lipinski definition) is 3. The van der Waals surface area contributed by atoms with Crippen molar-refractivity contribution >= 4 is 40.4 Å². The number of carbonyl (C=O) groups excluding carboxylic acids is 2. The zero-order valence-corrected chi connectivity index (χ0v) is 15.1. The van der Waals surface area contributed by atoms with Gasteiger partial charge in [-0.15, -0.1) is 11.3 Å². The van der Waals surface area contributed by atoms with Gasteiger partial charge in [0.1, 0.15) is 5.82 Å². The Morgan fingerprint density at radius 2 is 2.04 bits per heavy atom. The van der Waals surface area contributed by atoms with Crippen molar-refractivity contribution < 1.29 is 14.0 Å². The van der Waals surface area contributed by atoms with E-state index in [2.05, 4.69) is 5.32 Å². The second-order valence-corrected chi connectivity index (χ2v) is 7.47. The van der Waals surface area contributed by atoms with Gasteiger partial charge in [-0.25, -0.2) is 4.39 Å². The van der Waals surface area contributed by atoms with E-state index in [1.54, 1.807) is 11.3 Å². The molecule has 2 aromatic rings. The topological polar surface area (TPSA) is 49.4 Å². The summed E-state index contributed by atoms with van der Waals surface area (Å²) < 4.78 is 13.2. The molecule has 1 fully saturated rings. The van der Waals surface area contributed by atoms with Crippen molar-refractivity contribution in [3.05, 3.63) is 51.4 Å². The lowest BCUT2D eigenvalue weighted by Crippen LogP contribution is -2.42. The Balaban J connectivity index is 1.50. The molecule has 132 valence electrons. The van der Waals surface area contributed by atoms with E-state index in [1.165, 1.54) is 18.2 Å². The largest absolute Gasteiger partial charge is 0.342 e. The quantitative estimate of drug-likeness (QED) is 0.872. The molecule has 7 heteroatoms. The maximum atomic E-state index is 13.2. The van der Waals surface area contributed by atoms with Crippen LogP contribution in [0, 0.1) is 11.7 Å². The number of nitrogens with zero attached hydrogens (tertiary/aromatic N) is 1. The number of anilines is 1. The molecular weight excluding hydrogens is 363 g/mol. The Labute approximate surface area is 154 Å². The third-order valence-electron chi connectivity index (χ3n) is 4.31. The van der Waals surface area contributed by atoms with E-state index in [9.17, 15) is 14.0 Å². The molecule has 25 heavy (non-hydrogen) atoms. The monoisotopic (exact) mass is 380 g/mol. The van der Waals surface area contributed by atoms with Gasteiger partial charge in [0.15, 0.2) is 0 Å². The molecule has 1 aromatic carbocycles. The van der Waals surface area contributed by atoms with E-state index >= 15 is 0 Å². The van der Waals surface area contributed by atoms with Crippen LogP contribution in [0.15, 0.2) is 35.7 Å². The van der Waals surface area contributed by atoms with Crippen molar-refractivity contribution in [1.82, 2.24) is 4.90 Å². The first-order valence-electron chi connectivity index (χ1n) is 8.09. The number of nitrogens with one attached hydrogen (secondary N) is 1. The smallest absolute Gasteiger partial charge is 0.227 e. The number of rotatable bonds is 4. The fourth-order valence-electron chi connectivity index (χ4n) is 2.88. The molecule has 1 aliphatic heterocycles. The number of benzene rings is 1. The molecule has 0 aliphatic carbocycles. The lowest BCUT2D eigenvalue weighted by Gasteiger charge is -2.31. The van der Waals surface area contributed by atoms with Crippen LogP contribution in [0.1, 0.15) is 17.7 Å². The van der Waals surface area contributed by atoms with E-state index in [4.69, 9.17) is 11.6 Å². The third kappa shape index (κ3) is 4.58. The van der Waals surface area contributed by atoms with E-state index in [0.717, 1.165) is 4.88 Å². The maximum Gasteiger partial charge on any atom is 0.227 e. The molecule has 0 saturated carbocycles. The molecule has 0 atom stereocenters. The minimum absolute atomic E-state index is 0.0215. The average Bonchev–Trinajstić information content (AvgIpc) is 3.11. The summed E-state index contributed by atoms with van der Waals surface area (Å²) in [6, 6.07) is 8.00. The molecule has 1 N–H and O–H groups in total. The van der Waals surface area contributed by atoms with Crippen LogP contribution in [0.3, 0.4) is 0 Å². The first kappa shape index (κ1) is 17.9. The first-order chi connectivity index (χ1) is 12.0. The highest BCUT2D eigenvalue weighted by Gasteiger charge is 2.27. The van der Waals surface area contributed by atoms with Crippen LogP contribution in [-0.2, 0) is 16.0 Å². The fourth-order valence-corrected chi connectivity index (χ4v) is 3.76. The average molecular weight is 381 g/mol. The van der Waals surface area contributed by atoms with Gasteiger partial charge in [0.25, 0.3) is 0 Å². The van der Waals surface area contributed by atoms with Gasteiger partial charge < -0.3 is 10.2 Å². The Kier molecular flexibility index (Phi) is 5.71. The summed E-state index contributed by atoms with van der Waals surface area (Å²) in [6.45, 7) is 1.15. The van der Waals surface area contributed by atoms with Crippen LogP contribution in [0.4, 0.5) is 10.1 Å². The van der Waals surface area contributed by atoms with E-state index in [-0.39, 0.29) is 22.8 Å². The van der Waals surface area contributed by atoms with Gasteiger partial charge in [-0.3, -0.25) is 9.59 Å². The summed E-state index contributed by atoms with van der Waals surface area (Å²) in [4.78, 5) is 27.5. The van der Waals surface area contributed by atoms with E-state index < -0.39 is 5.82 Å². The zero-order valence-electron chi connectivity index (χ0n) is 13.5. The van der Waals surface area contributed by atoms with E-state index in [1.807, 2.05) is 22.4 Å². The highest BCUT2D eigenvalue weighted by molar-refractivity contribution is 7.10. The van der Waals surface area contributed by atoms with Crippen molar-refractivity contribution in [2.75, 3.05) is 18.4 Å². The number of amides is 2. The predicted octanol–water partition coefficient (Wildman–Crippen LogP) is 3.96. The van der Waals surface area contributed by atoms with Crippen LogP contribution in [0.5, 0.6) is 0 Å². The molecular formula is C18H18ClFN2O2S. The number of carbonyl (C=O) groups is 2. The Bertz CT molecular complexity index is 758. The van der Waals surface area contributed by atoms with Crippen LogP contribution < -0.4 is 5.32 Å². The van der Waals surface area contributed by atoms with E-state index in [0.29, 0.717) is 38.0 Å². The Hall–Kier alpha value is -1.92.